The van der Waals surface area contributed by atoms with Gasteiger partial charge in [0.05, 0.1) is 0 Å². The topological polar surface area (TPSA) is 38.3 Å². The lowest BCUT2D eigenvalue weighted by Gasteiger charge is -2.07. The van der Waals surface area contributed by atoms with Crippen molar-refractivity contribution in [2.75, 3.05) is 12.4 Å². The zero-order valence-electron chi connectivity index (χ0n) is 11.0. The Bertz CT molecular complexity index is 540. The van der Waals surface area contributed by atoms with E-state index in [9.17, 15) is 4.79 Å². The van der Waals surface area contributed by atoms with E-state index in [1.54, 1.807) is 0 Å². The molecule has 20 heavy (non-hydrogen) atoms. The second-order valence-electron chi connectivity index (χ2n) is 4.29. The lowest BCUT2D eigenvalue weighted by atomic mass is 10.1. The predicted molar refractivity (Wildman–Crippen MR) is 80.4 cm³/mol. The van der Waals surface area contributed by atoms with E-state index in [4.69, 9.17) is 16.3 Å². The molecule has 4 heteroatoms. The Morgan fingerprint density at radius 3 is 2.30 bits per heavy atom. The van der Waals surface area contributed by atoms with Crippen LogP contribution >= 0.6 is 11.6 Å². The number of hydrogen-bond donors (Lipinski definition) is 1. The summed E-state index contributed by atoms with van der Waals surface area (Å²) in [4.78, 5) is 11.0. The molecule has 0 bridgehead atoms. The fourth-order valence-corrected chi connectivity index (χ4v) is 1.84. The summed E-state index contributed by atoms with van der Waals surface area (Å²) in [6.45, 7) is 0.588. The zero-order valence-corrected chi connectivity index (χ0v) is 11.8. The summed E-state index contributed by atoms with van der Waals surface area (Å²) in [5.74, 6) is 1.47. The maximum absolute atomic E-state index is 11.0. The molecule has 0 aromatic heterocycles. The first-order valence-corrected chi connectivity index (χ1v) is 6.96. The van der Waals surface area contributed by atoms with Gasteiger partial charge in [0.2, 0.25) is 5.91 Å². The molecule has 3 nitrogen and oxygen atoms in total. The minimum Gasteiger partial charge on any atom is -0.457 e. The predicted octanol–water partition coefficient (Wildman–Crippen LogP) is 3.38. The molecule has 0 atom stereocenters. The Balaban J connectivity index is 1.85. The van der Waals surface area contributed by atoms with Crippen LogP contribution in [0.1, 0.15) is 5.56 Å². The third kappa shape index (κ3) is 4.59. The third-order valence-electron chi connectivity index (χ3n) is 2.76. The molecule has 1 N–H and O–H groups in total. The van der Waals surface area contributed by atoms with E-state index in [0.29, 0.717) is 6.54 Å². The maximum Gasteiger partial charge on any atom is 0.234 e. The molecule has 2 rings (SSSR count). The van der Waals surface area contributed by atoms with E-state index in [1.807, 2.05) is 54.6 Å². The fourth-order valence-electron chi connectivity index (χ4n) is 1.74. The average Bonchev–Trinajstić information content (AvgIpc) is 2.50. The van der Waals surface area contributed by atoms with Crippen LogP contribution in [0.5, 0.6) is 11.5 Å². The lowest BCUT2D eigenvalue weighted by Crippen LogP contribution is -2.26. The molecular formula is C16H16ClNO2. The molecule has 104 valence electrons. The number of para-hydroxylation sites is 1. The molecule has 2 aromatic carbocycles. The highest BCUT2D eigenvalue weighted by Crippen LogP contribution is 2.21. The molecule has 0 aliphatic carbocycles. The van der Waals surface area contributed by atoms with E-state index in [-0.39, 0.29) is 11.8 Å². The number of alkyl halides is 1. The van der Waals surface area contributed by atoms with Crippen LogP contribution < -0.4 is 10.1 Å². The van der Waals surface area contributed by atoms with Gasteiger partial charge in [0.1, 0.15) is 17.4 Å². The van der Waals surface area contributed by atoms with Crippen LogP contribution in [-0.2, 0) is 11.2 Å². The number of amides is 1. The maximum atomic E-state index is 11.0. The highest BCUT2D eigenvalue weighted by Gasteiger charge is 2.00. The Hall–Kier alpha value is -2.00. The minimum atomic E-state index is -0.143. The molecule has 0 fully saturated rings. The van der Waals surface area contributed by atoms with E-state index in [0.717, 1.165) is 23.5 Å². The molecule has 0 heterocycles. The Morgan fingerprint density at radius 2 is 1.65 bits per heavy atom. The number of rotatable bonds is 6. The molecule has 0 radical (unpaired) electrons. The number of halogens is 1. The molecular weight excluding hydrogens is 274 g/mol. The van der Waals surface area contributed by atoms with Crippen molar-refractivity contribution in [3.63, 3.8) is 0 Å². The molecule has 1 amide bonds. The summed E-state index contributed by atoms with van der Waals surface area (Å²) < 4.78 is 5.71. The van der Waals surface area contributed by atoms with Gasteiger partial charge in [0.15, 0.2) is 0 Å². The van der Waals surface area contributed by atoms with Crippen LogP contribution in [0.15, 0.2) is 54.6 Å². The highest BCUT2D eigenvalue weighted by molar-refractivity contribution is 6.27. The highest BCUT2D eigenvalue weighted by atomic mass is 35.5. The Morgan fingerprint density at radius 1 is 1.00 bits per heavy atom. The van der Waals surface area contributed by atoms with Gasteiger partial charge in [-0.05, 0) is 36.2 Å². The van der Waals surface area contributed by atoms with E-state index >= 15 is 0 Å². The standard InChI is InChI=1S/C16H16ClNO2/c17-12-16(19)18-11-10-13-6-8-15(9-7-13)20-14-4-2-1-3-5-14/h1-9H,10-12H2,(H,18,19). The first-order valence-electron chi connectivity index (χ1n) is 6.42. The van der Waals surface area contributed by atoms with Crippen molar-refractivity contribution >= 4 is 17.5 Å². The SMILES string of the molecule is O=C(CCl)NCCc1ccc(Oc2ccccc2)cc1. The first-order chi connectivity index (χ1) is 9.78. The summed E-state index contributed by atoms with van der Waals surface area (Å²) in [6, 6.07) is 17.5. The summed E-state index contributed by atoms with van der Waals surface area (Å²) in [7, 11) is 0. The van der Waals surface area contributed by atoms with Crippen molar-refractivity contribution in [3.05, 3.63) is 60.2 Å². The van der Waals surface area contributed by atoms with Crippen molar-refractivity contribution < 1.29 is 9.53 Å². The molecule has 2 aromatic rings. The second-order valence-corrected chi connectivity index (χ2v) is 4.56. The van der Waals surface area contributed by atoms with E-state index in [2.05, 4.69) is 5.32 Å². The summed E-state index contributed by atoms with van der Waals surface area (Å²) >= 11 is 5.40. The van der Waals surface area contributed by atoms with Gasteiger partial charge in [0.25, 0.3) is 0 Å². The van der Waals surface area contributed by atoms with Gasteiger partial charge in [0, 0.05) is 6.54 Å². The van der Waals surface area contributed by atoms with Crippen LogP contribution in [-0.4, -0.2) is 18.3 Å². The Labute approximate surface area is 123 Å². The first kappa shape index (κ1) is 14.4. The van der Waals surface area contributed by atoms with Crippen molar-refractivity contribution in [3.8, 4) is 11.5 Å². The van der Waals surface area contributed by atoms with Crippen LogP contribution in [0.3, 0.4) is 0 Å². The van der Waals surface area contributed by atoms with Crippen LogP contribution in [0.2, 0.25) is 0 Å². The van der Waals surface area contributed by atoms with E-state index in [1.165, 1.54) is 0 Å². The van der Waals surface area contributed by atoms with Crippen molar-refractivity contribution in [1.29, 1.82) is 0 Å². The van der Waals surface area contributed by atoms with Crippen molar-refractivity contribution in [1.82, 2.24) is 5.32 Å². The van der Waals surface area contributed by atoms with Crippen LogP contribution in [0, 0.1) is 0 Å². The van der Waals surface area contributed by atoms with Gasteiger partial charge in [-0.1, -0.05) is 30.3 Å². The zero-order chi connectivity index (χ0) is 14.2. The number of carbonyl (C=O) groups excluding carboxylic acids is 1. The number of nitrogens with one attached hydrogen (secondary N) is 1. The summed E-state index contributed by atoms with van der Waals surface area (Å²) in [5, 5.41) is 2.73. The number of carbonyl (C=O) groups is 1. The average molecular weight is 290 g/mol. The number of hydrogen-bond acceptors (Lipinski definition) is 2. The minimum absolute atomic E-state index is 0.00382. The number of benzene rings is 2. The Kier molecular flexibility index (Phi) is 5.44. The van der Waals surface area contributed by atoms with Crippen LogP contribution in [0.25, 0.3) is 0 Å². The molecule has 0 saturated heterocycles. The fraction of sp³-hybridized carbons (Fsp3) is 0.188. The van der Waals surface area contributed by atoms with E-state index < -0.39 is 0 Å². The summed E-state index contributed by atoms with van der Waals surface area (Å²) in [6.07, 6.45) is 0.772. The molecule has 0 unspecified atom stereocenters. The largest absolute Gasteiger partial charge is 0.457 e. The second kappa shape index (κ2) is 7.56. The normalized spacial score (nSPS) is 10.1. The lowest BCUT2D eigenvalue weighted by molar-refractivity contribution is -0.118. The van der Waals surface area contributed by atoms with Crippen molar-refractivity contribution in [2.45, 2.75) is 6.42 Å². The molecule has 0 aliphatic heterocycles. The van der Waals surface area contributed by atoms with Gasteiger partial charge in [-0.2, -0.15) is 0 Å². The van der Waals surface area contributed by atoms with Gasteiger partial charge in [-0.3, -0.25) is 4.79 Å². The molecule has 0 aliphatic rings. The smallest absolute Gasteiger partial charge is 0.234 e. The monoisotopic (exact) mass is 289 g/mol. The summed E-state index contributed by atoms with van der Waals surface area (Å²) in [5.41, 5.74) is 1.14. The quantitative estimate of drug-likeness (QED) is 0.828. The van der Waals surface area contributed by atoms with Gasteiger partial charge >= 0.3 is 0 Å². The van der Waals surface area contributed by atoms with Gasteiger partial charge < -0.3 is 10.1 Å². The third-order valence-corrected chi connectivity index (χ3v) is 3.00. The van der Waals surface area contributed by atoms with Gasteiger partial charge in [-0.25, -0.2) is 0 Å². The van der Waals surface area contributed by atoms with Crippen molar-refractivity contribution in [2.24, 2.45) is 0 Å². The number of ether oxygens (including phenoxy) is 1. The molecule has 0 saturated carbocycles. The van der Waals surface area contributed by atoms with Crippen LogP contribution in [0.4, 0.5) is 0 Å². The molecule has 0 spiro atoms. The van der Waals surface area contributed by atoms with Gasteiger partial charge in [-0.15, -0.1) is 11.6 Å².